The number of piperidine rings is 1. The van der Waals surface area contributed by atoms with Gasteiger partial charge in [-0.05, 0) is 44.7 Å². The third kappa shape index (κ3) is 6.83. The van der Waals surface area contributed by atoms with Crippen LogP contribution < -0.4 is 5.32 Å². The minimum atomic E-state index is -0.364. The molecule has 0 atom stereocenters. The molecule has 0 bridgehead atoms. The Labute approximate surface area is 166 Å². The van der Waals surface area contributed by atoms with E-state index in [1.165, 1.54) is 0 Å². The van der Waals surface area contributed by atoms with Crippen molar-refractivity contribution in [2.24, 2.45) is 5.92 Å². The summed E-state index contributed by atoms with van der Waals surface area (Å²) in [5.74, 6) is -0.985. The zero-order valence-corrected chi connectivity index (χ0v) is 16.9. The Morgan fingerprint density at radius 1 is 1.18 bits per heavy atom. The smallest absolute Gasteiger partial charge is 0.309 e. The Balaban J connectivity index is 1.73. The maximum Gasteiger partial charge on any atom is 0.309 e. The predicted octanol–water partition coefficient (Wildman–Crippen LogP) is 2.79. The first-order chi connectivity index (χ1) is 13.3. The average molecular weight is 386 g/mol. The van der Waals surface area contributed by atoms with Crippen LogP contribution in [0.1, 0.15) is 45.6 Å². The molecular formula is C22H30N2O4. The van der Waals surface area contributed by atoms with E-state index in [4.69, 9.17) is 4.74 Å². The second kappa shape index (κ2) is 10.1. The normalized spacial score (nSPS) is 15.5. The molecule has 1 fully saturated rings. The summed E-state index contributed by atoms with van der Waals surface area (Å²) in [7, 11) is 0. The first-order valence-corrected chi connectivity index (χ1v) is 9.80. The Morgan fingerprint density at radius 2 is 1.82 bits per heavy atom. The van der Waals surface area contributed by atoms with Gasteiger partial charge in [0.15, 0.2) is 6.61 Å². The lowest BCUT2D eigenvalue weighted by Gasteiger charge is -2.30. The number of carbonyl (C=O) groups is 3. The highest BCUT2D eigenvalue weighted by Crippen LogP contribution is 2.19. The van der Waals surface area contributed by atoms with Crippen molar-refractivity contribution < 1.29 is 19.1 Å². The van der Waals surface area contributed by atoms with Crippen molar-refractivity contribution in [1.29, 1.82) is 0 Å². The Morgan fingerprint density at radius 3 is 2.43 bits per heavy atom. The Bertz CT molecular complexity index is 705. The molecule has 1 aliphatic rings. The zero-order valence-electron chi connectivity index (χ0n) is 16.9. The molecule has 2 amide bonds. The summed E-state index contributed by atoms with van der Waals surface area (Å²) in [6.07, 6.45) is 5.24. The highest BCUT2D eigenvalue weighted by atomic mass is 16.5. The third-order valence-corrected chi connectivity index (χ3v) is 5.07. The van der Waals surface area contributed by atoms with Crippen molar-refractivity contribution in [3.63, 3.8) is 0 Å². The highest BCUT2D eigenvalue weighted by molar-refractivity contribution is 5.92. The van der Waals surface area contributed by atoms with Crippen molar-refractivity contribution in [1.82, 2.24) is 10.2 Å². The maximum absolute atomic E-state index is 12.3. The van der Waals surface area contributed by atoms with Gasteiger partial charge in [0.25, 0.3) is 5.91 Å². The summed E-state index contributed by atoms with van der Waals surface area (Å²) in [6, 6.07) is 9.64. The molecule has 6 nitrogen and oxygen atoms in total. The number of nitrogens with zero attached hydrogens (tertiary/aromatic N) is 1. The van der Waals surface area contributed by atoms with E-state index in [9.17, 15) is 14.4 Å². The molecule has 0 spiro atoms. The zero-order chi connectivity index (χ0) is 20.6. The van der Waals surface area contributed by atoms with Gasteiger partial charge >= 0.3 is 5.97 Å². The maximum atomic E-state index is 12.3. The lowest BCUT2D eigenvalue weighted by Crippen LogP contribution is -2.45. The van der Waals surface area contributed by atoms with Crippen LogP contribution in [0.4, 0.5) is 0 Å². The number of rotatable bonds is 7. The van der Waals surface area contributed by atoms with Gasteiger partial charge in [0.2, 0.25) is 5.91 Å². The molecule has 0 unspecified atom stereocenters. The molecule has 152 valence electrons. The SMILES string of the molecule is CCC(C)(C)NC(=O)COC(=O)C1CCN(C(=O)/C=C/c2ccccc2)CC1. The molecular weight excluding hydrogens is 356 g/mol. The second-order valence-electron chi connectivity index (χ2n) is 7.74. The molecule has 2 rings (SSSR count). The van der Waals surface area contributed by atoms with Crippen molar-refractivity contribution in [3.05, 3.63) is 42.0 Å². The van der Waals surface area contributed by atoms with Gasteiger partial charge in [-0.2, -0.15) is 0 Å². The van der Waals surface area contributed by atoms with Crippen LogP contribution in [0.5, 0.6) is 0 Å². The minimum absolute atomic E-state index is 0.0585. The van der Waals surface area contributed by atoms with Crippen LogP contribution in [0, 0.1) is 5.92 Å². The molecule has 1 aromatic carbocycles. The standard InChI is InChI=1S/C22H30N2O4/c1-4-22(2,3)23-19(25)16-28-21(27)18-12-14-24(15-13-18)20(26)11-10-17-8-6-5-7-9-17/h5-11,18H,4,12-16H2,1-3H3,(H,23,25)/b11-10+. The number of carbonyl (C=O) groups excluding carboxylic acids is 3. The summed E-state index contributed by atoms with van der Waals surface area (Å²) in [6.45, 7) is 6.58. The van der Waals surface area contributed by atoms with Gasteiger partial charge in [0.1, 0.15) is 0 Å². The Kier molecular flexibility index (Phi) is 7.79. The van der Waals surface area contributed by atoms with E-state index in [1.807, 2.05) is 51.1 Å². The van der Waals surface area contributed by atoms with Crippen molar-refractivity contribution >= 4 is 23.9 Å². The average Bonchev–Trinajstić information content (AvgIpc) is 2.71. The van der Waals surface area contributed by atoms with E-state index in [0.717, 1.165) is 12.0 Å². The van der Waals surface area contributed by atoms with Crippen LogP contribution in [0.25, 0.3) is 6.08 Å². The predicted molar refractivity (Wildman–Crippen MR) is 108 cm³/mol. The molecule has 1 aliphatic heterocycles. The number of likely N-dealkylation sites (tertiary alicyclic amines) is 1. The van der Waals surface area contributed by atoms with Gasteiger partial charge in [-0.15, -0.1) is 0 Å². The monoisotopic (exact) mass is 386 g/mol. The molecule has 1 aromatic rings. The quantitative estimate of drug-likeness (QED) is 0.578. The molecule has 0 radical (unpaired) electrons. The van der Waals surface area contributed by atoms with Crippen LogP contribution >= 0.6 is 0 Å². The Hall–Kier alpha value is -2.63. The fourth-order valence-corrected chi connectivity index (χ4v) is 2.93. The lowest BCUT2D eigenvalue weighted by molar-refractivity contribution is -0.155. The minimum Gasteiger partial charge on any atom is -0.455 e. The van der Waals surface area contributed by atoms with Crippen LogP contribution in [0.2, 0.25) is 0 Å². The fraction of sp³-hybridized carbons (Fsp3) is 0.500. The first-order valence-electron chi connectivity index (χ1n) is 9.80. The molecule has 28 heavy (non-hydrogen) atoms. The van der Waals surface area contributed by atoms with Crippen molar-refractivity contribution in [2.45, 2.75) is 45.6 Å². The molecule has 1 N–H and O–H groups in total. The van der Waals surface area contributed by atoms with Gasteiger partial charge in [-0.1, -0.05) is 37.3 Å². The van der Waals surface area contributed by atoms with E-state index in [2.05, 4.69) is 5.32 Å². The number of benzene rings is 1. The molecule has 1 saturated heterocycles. The topological polar surface area (TPSA) is 75.7 Å². The number of amides is 2. The molecule has 6 heteroatoms. The summed E-state index contributed by atoms with van der Waals surface area (Å²) in [5, 5.41) is 2.84. The van der Waals surface area contributed by atoms with Crippen LogP contribution in [-0.4, -0.2) is 47.9 Å². The van der Waals surface area contributed by atoms with Crippen molar-refractivity contribution in [2.75, 3.05) is 19.7 Å². The number of hydrogen-bond acceptors (Lipinski definition) is 4. The van der Waals surface area contributed by atoms with Crippen LogP contribution in [0.3, 0.4) is 0 Å². The van der Waals surface area contributed by atoms with E-state index in [0.29, 0.717) is 25.9 Å². The van der Waals surface area contributed by atoms with Crippen molar-refractivity contribution in [3.8, 4) is 0 Å². The molecule has 0 saturated carbocycles. The van der Waals surface area contributed by atoms with Crippen LogP contribution in [0.15, 0.2) is 36.4 Å². The van der Waals surface area contributed by atoms with Gasteiger partial charge in [0.05, 0.1) is 5.92 Å². The summed E-state index contributed by atoms with van der Waals surface area (Å²) in [5.41, 5.74) is 0.654. The lowest BCUT2D eigenvalue weighted by atomic mass is 9.97. The molecule has 1 heterocycles. The number of nitrogens with one attached hydrogen (secondary N) is 1. The summed E-state index contributed by atoms with van der Waals surface area (Å²) < 4.78 is 5.17. The number of esters is 1. The number of hydrogen-bond donors (Lipinski definition) is 1. The van der Waals surface area contributed by atoms with Gasteiger partial charge in [-0.25, -0.2) is 0 Å². The number of ether oxygens (including phenoxy) is 1. The van der Waals surface area contributed by atoms with E-state index in [-0.39, 0.29) is 35.8 Å². The van der Waals surface area contributed by atoms with Gasteiger partial charge in [0, 0.05) is 24.7 Å². The summed E-state index contributed by atoms with van der Waals surface area (Å²) >= 11 is 0. The fourth-order valence-electron chi connectivity index (χ4n) is 2.93. The first kappa shape index (κ1) is 21.7. The second-order valence-corrected chi connectivity index (χ2v) is 7.74. The summed E-state index contributed by atoms with van der Waals surface area (Å²) in [4.78, 5) is 38.1. The molecule has 0 aromatic heterocycles. The van der Waals surface area contributed by atoms with Crippen LogP contribution in [-0.2, 0) is 19.1 Å². The van der Waals surface area contributed by atoms with E-state index in [1.54, 1.807) is 17.1 Å². The van der Waals surface area contributed by atoms with Gasteiger partial charge < -0.3 is 15.0 Å². The van der Waals surface area contributed by atoms with E-state index >= 15 is 0 Å². The van der Waals surface area contributed by atoms with Gasteiger partial charge in [-0.3, -0.25) is 14.4 Å². The van der Waals surface area contributed by atoms with E-state index < -0.39 is 0 Å². The third-order valence-electron chi connectivity index (χ3n) is 5.07. The largest absolute Gasteiger partial charge is 0.455 e. The highest BCUT2D eigenvalue weighted by Gasteiger charge is 2.28. The molecule has 0 aliphatic carbocycles.